The average molecular weight is 443 g/mol. The summed E-state index contributed by atoms with van der Waals surface area (Å²) in [5, 5.41) is 0. The number of hydrogen-bond acceptors (Lipinski definition) is 4. The third-order valence-corrected chi connectivity index (χ3v) is 13.9. The molecule has 4 aromatic carbocycles. The van der Waals surface area contributed by atoms with Crippen LogP contribution in [-0.2, 0) is 0 Å². The van der Waals surface area contributed by atoms with Crippen molar-refractivity contribution in [1.82, 2.24) is 0 Å². The molecular weight excluding hydrogens is 419 g/mol. The Balaban J connectivity index is 2.19. The van der Waals surface area contributed by atoms with Crippen LogP contribution in [0.4, 0.5) is 22.7 Å². The van der Waals surface area contributed by atoms with Crippen LogP contribution in [0.15, 0.2) is 97.1 Å². The van der Waals surface area contributed by atoms with E-state index in [1.54, 1.807) is 0 Å². The Hall–Kier alpha value is -3.36. The molecule has 0 aromatic heterocycles. The van der Waals surface area contributed by atoms with E-state index < -0.39 is 13.6 Å². The van der Waals surface area contributed by atoms with Gasteiger partial charge in [-0.2, -0.15) is 0 Å². The molecule has 0 fully saturated rings. The van der Waals surface area contributed by atoms with Crippen LogP contribution >= 0.6 is 0 Å². The van der Waals surface area contributed by atoms with E-state index in [0.717, 1.165) is 22.7 Å². The second-order valence-electron chi connectivity index (χ2n) is 7.05. The van der Waals surface area contributed by atoms with Crippen molar-refractivity contribution in [2.24, 2.45) is 0 Å². The van der Waals surface area contributed by atoms with Crippen molar-refractivity contribution >= 4 is 53.7 Å². The molecule has 4 aromatic rings. The van der Waals surface area contributed by atoms with E-state index in [4.69, 9.17) is 22.9 Å². The number of benzene rings is 4. The van der Waals surface area contributed by atoms with Crippen molar-refractivity contribution in [3.8, 4) is 0 Å². The second kappa shape index (κ2) is 7.57. The van der Waals surface area contributed by atoms with Gasteiger partial charge < -0.3 is 0 Å². The Morgan fingerprint density at radius 3 is 0.828 bits per heavy atom. The van der Waals surface area contributed by atoms with Gasteiger partial charge in [-0.15, -0.1) is 0 Å². The van der Waals surface area contributed by atoms with Crippen LogP contribution in [0.3, 0.4) is 0 Å². The summed E-state index contributed by atoms with van der Waals surface area (Å²) in [5.41, 5.74) is 27.8. The van der Waals surface area contributed by atoms with Gasteiger partial charge in [-0.1, -0.05) is 0 Å². The fourth-order valence-corrected chi connectivity index (χ4v) is 13.1. The van der Waals surface area contributed by atoms with E-state index in [9.17, 15) is 0 Å². The van der Waals surface area contributed by atoms with Gasteiger partial charge in [-0.3, -0.25) is 0 Å². The molecule has 0 aliphatic carbocycles. The van der Waals surface area contributed by atoms with Crippen molar-refractivity contribution in [3.05, 3.63) is 97.1 Å². The van der Waals surface area contributed by atoms with Crippen LogP contribution in [-0.4, -0.2) is 13.6 Å². The topological polar surface area (TPSA) is 104 Å². The van der Waals surface area contributed by atoms with Crippen molar-refractivity contribution in [3.63, 3.8) is 0 Å². The van der Waals surface area contributed by atoms with Gasteiger partial charge >= 0.3 is 174 Å². The van der Waals surface area contributed by atoms with Gasteiger partial charge in [-0.25, -0.2) is 0 Å². The van der Waals surface area contributed by atoms with E-state index in [0.29, 0.717) is 0 Å². The Morgan fingerprint density at radius 1 is 0.379 bits per heavy atom. The second-order valence-corrected chi connectivity index (χ2v) is 14.2. The van der Waals surface area contributed by atoms with Gasteiger partial charge in [-0.05, 0) is 0 Å². The van der Waals surface area contributed by atoms with Gasteiger partial charge in [0.2, 0.25) is 0 Å². The summed E-state index contributed by atoms with van der Waals surface area (Å²) in [5.74, 6) is 0. The molecule has 0 spiro atoms. The zero-order valence-corrected chi connectivity index (χ0v) is 17.9. The normalized spacial score (nSPS) is 11.3. The molecule has 0 atom stereocenters. The molecule has 0 amide bonds. The predicted molar refractivity (Wildman–Crippen MR) is 128 cm³/mol. The maximum absolute atomic E-state index is 6.23. The summed E-state index contributed by atoms with van der Waals surface area (Å²) in [6.07, 6.45) is 0. The van der Waals surface area contributed by atoms with Gasteiger partial charge in [0.25, 0.3) is 0 Å². The average Bonchev–Trinajstić information content (AvgIpc) is 2.69. The molecule has 29 heavy (non-hydrogen) atoms. The van der Waals surface area contributed by atoms with Crippen LogP contribution < -0.4 is 40.3 Å². The van der Waals surface area contributed by atoms with Crippen LogP contribution in [0.2, 0.25) is 0 Å². The molecule has 8 N–H and O–H groups in total. The molecule has 0 bridgehead atoms. The zero-order chi connectivity index (χ0) is 20.4. The molecule has 5 heteroatoms. The number of anilines is 4. The first kappa shape index (κ1) is 19.0. The molecule has 0 saturated carbocycles. The van der Waals surface area contributed by atoms with Crippen LogP contribution in [0.25, 0.3) is 0 Å². The first-order valence-corrected chi connectivity index (χ1v) is 13.1. The van der Waals surface area contributed by atoms with Gasteiger partial charge in [0.1, 0.15) is 0 Å². The monoisotopic (exact) mass is 443 g/mol. The molecule has 0 saturated heterocycles. The van der Waals surface area contributed by atoms with Gasteiger partial charge in [0.05, 0.1) is 0 Å². The van der Waals surface area contributed by atoms with E-state index in [1.165, 1.54) is 17.4 Å². The Bertz CT molecular complexity index is 985. The Kier molecular flexibility index (Phi) is 4.96. The van der Waals surface area contributed by atoms with Crippen molar-refractivity contribution in [2.45, 2.75) is 0 Å². The van der Waals surface area contributed by atoms with E-state index >= 15 is 0 Å². The molecule has 0 radical (unpaired) electrons. The molecule has 0 aliphatic heterocycles. The first-order chi connectivity index (χ1) is 14.0. The fraction of sp³-hybridized carbons (Fsp3) is 0. The zero-order valence-electron chi connectivity index (χ0n) is 16.0. The molecule has 4 nitrogen and oxygen atoms in total. The number of nitrogens with two attached hydrogens (primary N) is 4. The number of rotatable bonds is 4. The standard InChI is InChI=1S/C24H24AsN4/c26-21-9-1-5-17(13-21)25(18-6-2-10-22(27)14-18,19-7-3-11-23(28)15-19)20-8-4-12-24(29)16-20/h1-16H,26-29H2/q+1. The van der Waals surface area contributed by atoms with Gasteiger partial charge in [0.15, 0.2) is 0 Å². The number of nitrogen functional groups attached to an aromatic ring is 4. The Morgan fingerprint density at radius 2 is 0.621 bits per heavy atom. The minimum absolute atomic E-state index is 0.727. The molecule has 0 heterocycles. The molecular formula is C24H24AsN4+. The SMILES string of the molecule is Nc1cccc([As+](c2cccc(N)c2)(c2cccc(N)c2)c2cccc(N)c2)c1. The minimum atomic E-state index is -3.23. The summed E-state index contributed by atoms with van der Waals surface area (Å²) in [6.45, 7) is 0. The predicted octanol–water partition coefficient (Wildman–Crippen LogP) is 1.39. The maximum atomic E-state index is 6.23. The summed E-state index contributed by atoms with van der Waals surface area (Å²) < 4.78 is 4.74. The molecule has 0 unspecified atom stereocenters. The van der Waals surface area contributed by atoms with Crippen molar-refractivity contribution in [2.75, 3.05) is 22.9 Å². The van der Waals surface area contributed by atoms with E-state index in [-0.39, 0.29) is 0 Å². The molecule has 0 aliphatic rings. The van der Waals surface area contributed by atoms with Gasteiger partial charge in [0, 0.05) is 0 Å². The first-order valence-electron chi connectivity index (χ1n) is 9.33. The fourth-order valence-electron chi connectivity index (χ4n) is 3.83. The third kappa shape index (κ3) is 3.43. The van der Waals surface area contributed by atoms with E-state index in [2.05, 4.69) is 48.5 Å². The Labute approximate surface area is 173 Å². The van der Waals surface area contributed by atoms with Crippen LogP contribution in [0.5, 0.6) is 0 Å². The quantitative estimate of drug-likeness (QED) is 0.283. The third-order valence-electron chi connectivity index (χ3n) is 5.03. The van der Waals surface area contributed by atoms with Crippen LogP contribution in [0, 0.1) is 0 Å². The summed E-state index contributed by atoms with van der Waals surface area (Å²) >= 11 is -3.23. The summed E-state index contributed by atoms with van der Waals surface area (Å²) in [7, 11) is 0. The van der Waals surface area contributed by atoms with Crippen molar-refractivity contribution < 1.29 is 0 Å². The molecule has 4 rings (SSSR count). The van der Waals surface area contributed by atoms with E-state index in [1.807, 2.05) is 48.5 Å². The molecule has 144 valence electrons. The van der Waals surface area contributed by atoms with Crippen molar-refractivity contribution in [1.29, 1.82) is 0 Å². The number of hydrogen-bond donors (Lipinski definition) is 4. The summed E-state index contributed by atoms with van der Waals surface area (Å²) in [6, 6.07) is 32.6. The summed E-state index contributed by atoms with van der Waals surface area (Å²) in [4.78, 5) is 0. The van der Waals surface area contributed by atoms with Crippen LogP contribution in [0.1, 0.15) is 0 Å².